The van der Waals surface area contributed by atoms with E-state index >= 15 is 19.2 Å². The maximum absolute atomic E-state index is 16.7. The van der Waals surface area contributed by atoms with E-state index in [0.717, 1.165) is 166 Å². The topological polar surface area (TPSA) is 163 Å². The van der Waals surface area contributed by atoms with E-state index in [-0.39, 0.29) is 0 Å². The Balaban J connectivity index is 1.23. The molecule has 8 aromatic rings. The summed E-state index contributed by atoms with van der Waals surface area (Å²) >= 11 is 29.1. The van der Waals surface area contributed by atoms with E-state index in [1.54, 1.807) is 0 Å². The van der Waals surface area contributed by atoms with E-state index in [4.69, 9.17) is 46.4 Å². The van der Waals surface area contributed by atoms with Gasteiger partial charge in [0.1, 0.15) is 20.1 Å². The molecule has 0 saturated carbocycles. The van der Waals surface area contributed by atoms with E-state index in [1.807, 2.05) is 0 Å². The Kier molecular flexibility index (Phi) is 13.7. The number of Topliss-reactive ketones (excluding diaryl/α,β-unsaturated/α-hetero) is 4. The predicted octanol–water partition coefficient (Wildman–Crippen LogP) is 20.6. The Hall–Kier alpha value is -8.96. The van der Waals surface area contributed by atoms with Crippen LogP contribution in [-0.4, -0.2) is 23.1 Å². The molecule has 0 aromatic heterocycles. The highest BCUT2D eigenvalue weighted by molar-refractivity contribution is 6.58. The lowest BCUT2D eigenvalue weighted by Gasteiger charge is -2.64. The summed E-state index contributed by atoms with van der Waals surface area (Å²) in [6.45, 7) is 24.9. The van der Waals surface area contributed by atoms with Crippen molar-refractivity contribution in [1.29, 1.82) is 21.0 Å². The molecule has 12 atom stereocenters. The Labute approximate surface area is 602 Å². The first kappa shape index (κ1) is 64.4. The molecule has 0 heterocycles. The van der Waals surface area contributed by atoms with E-state index in [2.05, 4.69) is 204 Å². The summed E-state index contributed by atoms with van der Waals surface area (Å²) in [6.07, 6.45) is 1.62. The molecular weight excluding hydrogens is 1320 g/mol. The first-order valence-corrected chi connectivity index (χ1v) is 36.4. The fourth-order valence-electron chi connectivity index (χ4n) is 22.6. The number of halogens is 4. The molecule has 0 unspecified atom stereocenters. The maximum atomic E-state index is 16.7. The highest BCUT2D eigenvalue weighted by Gasteiger charge is 2.82. The highest BCUT2D eigenvalue weighted by Crippen LogP contribution is 2.82. The van der Waals surface area contributed by atoms with Gasteiger partial charge >= 0.3 is 0 Å². The second-order valence-electron chi connectivity index (χ2n) is 30.3. The van der Waals surface area contributed by atoms with E-state index in [0.29, 0.717) is 36.8 Å². The number of nitriles is 4. The van der Waals surface area contributed by atoms with Gasteiger partial charge in [-0.05, 0) is 227 Å². The van der Waals surface area contributed by atoms with Gasteiger partial charge in [0.05, 0.1) is 24.3 Å². The molecule has 18 rings (SSSR count). The zero-order valence-corrected chi connectivity index (χ0v) is 60.6. The van der Waals surface area contributed by atoms with Gasteiger partial charge in [-0.15, -0.1) is 0 Å². The number of hydrogen-bond acceptors (Lipinski definition) is 8. The average molecular weight is 1390 g/mol. The molecule has 0 radical (unpaired) electrons. The number of rotatable bonds is 8. The van der Waals surface area contributed by atoms with Crippen molar-refractivity contribution in [3.05, 3.63) is 251 Å². The molecule has 10 aliphatic carbocycles. The minimum absolute atomic E-state index is 0.369. The van der Waals surface area contributed by atoms with Gasteiger partial charge in [0.15, 0.2) is 44.8 Å². The second kappa shape index (κ2) is 21.3. The van der Waals surface area contributed by atoms with Crippen LogP contribution in [0.25, 0.3) is 43.8 Å². The molecule has 0 aliphatic heterocycles. The molecule has 0 saturated heterocycles. The van der Waals surface area contributed by atoms with Gasteiger partial charge in [-0.1, -0.05) is 203 Å². The smallest absolute Gasteiger partial charge is 0.199 e. The van der Waals surface area contributed by atoms with Crippen molar-refractivity contribution in [2.24, 2.45) is 21.7 Å². The van der Waals surface area contributed by atoms with Crippen LogP contribution in [0.2, 0.25) is 0 Å². The summed E-state index contributed by atoms with van der Waals surface area (Å²) < 4.78 is 0. The zero-order valence-electron chi connectivity index (χ0n) is 57.6. The van der Waals surface area contributed by atoms with Gasteiger partial charge in [-0.25, -0.2) is 0 Å². The standard InChI is InChI=1S/C88H68Cl4N4O4/c1-13-49-53-29-54-50(14-2)67-71-62(46-23-39(7)18-40(8)24-46)58(54)31-57(53)61(45-21-37(5)17-38(6)22-45)69-65(49)73-66-51(15-3)55-30-56-52(16-4)68-72(76(71)88(36-96)84(100)80(92)78(90)82(98)86(88,34-94)74(67)68)64(48-27-43(11)20-44(12)28-48)60(56)32-59(55)63(47-25-41(9)19-42(10)26-47)70(66)75(69)87(35-95)83(99)79(91)77(89)81(97)85(73,87)33-93/h17-32,49,52,61,64,73-76H,13-16H2,1-12H3/t49-,52-,61-,64-,73+,74-,75-,76+,85+,86+,87-,88-/m1/s1. The molecule has 12 heteroatoms. The SMILES string of the molecule is CCc1c2c3c(-c4cc(C)cc(C)c4)c4cc5c(cc14)[C@@H](CC)C1=C([C@@H]5c4cc(C)cc(C)c4)[C@@H]4c5c(c(CC)c6cc7c(cc6c5-c5cc(C)cc(C)c5)[C@@H](c5cc(C)cc(C)c5)C5=C([C@@H]7CC)[C@@H]2[C@@]2(C#N)C(=O)C(Cl)=C(Cl)C(=O)[C@@]2(C#N)[C@H]53)[C@H]1[C@@]1(C#N)C(=O)C(Cl)=C(Cl)C(=O)[C@@]41C#N. The summed E-state index contributed by atoms with van der Waals surface area (Å²) in [5.41, 5.74) is 13.7. The summed E-state index contributed by atoms with van der Waals surface area (Å²) in [6, 6.07) is 45.5. The minimum Gasteiger partial charge on any atom is -0.291 e. The van der Waals surface area contributed by atoms with Crippen molar-refractivity contribution in [1.82, 2.24) is 0 Å². The average Bonchev–Trinajstić information content (AvgIpc) is 0.638. The van der Waals surface area contributed by atoms with E-state index in [1.165, 1.54) is 0 Å². The molecular formula is C88H68Cl4N4O4. The third kappa shape index (κ3) is 7.23. The van der Waals surface area contributed by atoms with Crippen LogP contribution in [-0.2, 0) is 32.0 Å². The minimum atomic E-state index is -2.50. The normalized spacial score (nSPS) is 28.2. The number of allylic oxidation sites excluding steroid dienone is 8. The number of ketones is 4. The van der Waals surface area contributed by atoms with Gasteiger partial charge in [-0.3, -0.25) is 19.2 Å². The molecule has 492 valence electrons. The fraction of sp³-hybridized carbons (Fsp3) is 0.318. The predicted molar refractivity (Wildman–Crippen MR) is 393 cm³/mol. The Bertz CT molecular complexity index is 5320. The molecule has 0 N–H and O–H groups in total. The second-order valence-corrected chi connectivity index (χ2v) is 31.8. The Morgan fingerprint density at radius 3 is 0.860 bits per heavy atom. The Morgan fingerprint density at radius 2 is 0.600 bits per heavy atom. The number of benzene rings is 8. The largest absolute Gasteiger partial charge is 0.291 e. The van der Waals surface area contributed by atoms with Gasteiger partial charge in [0.25, 0.3) is 0 Å². The van der Waals surface area contributed by atoms with Crippen molar-refractivity contribution in [3.63, 3.8) is 0 Å². The number of nitrogens with zero attached hydrogens (tertiary/aromatic N) is 4. The van der Waals surface area contributed by atoms with Crippen LogP contribution in [0.4, 0.5) is 0 Å². The Morgan fingerprint density at radius 1 is 0.340 bits per heavy atom. The third-order valence-electron chi connectivity index (χ3n) is 25.2. The van der Waals surface area contributed by atoms with E-state index in [9.17, 15) is 21.0 Å². The number of carbonyl (C=O) groups excluding carboxylic acids is 4. The first-order chi connectivity index (χ1) is 47.8. The lowest BCUT2D eigenvalue weighted by molar-refractivity contribution is -0.142. The molecule has 0 spiro atoms. The highest BCUT2D eigenvalue weighted by atomic mass is 35.5. The molecule has 8 nitrogen and oxygen atoms in total. The fourth-order valence-corrected chi connectivity index (χ4v) is 23.5. The van der Waals surface area contributed by atoms with Crippen LogP contribution in [0.3, 0.4) is 0 Å². The number of carbonyl (C=O) groups is 4. The molecule has 0 amide bonds. The zero-order chi connectivity index (χ0) is 70.7. The van der Waals surface area contributed by atoms with Crippen LogP contribution >= 0.6 is 46.4 Å². The number of hydrogen-bond donors (Lipinski definition) is 0. The molecule has 4 bridgehead atoms. The summed E-state index contributed by atoms with van der Waals surface area (Å²) in [4.78, 5) is 66.6. The van der Waals surface area contributed by atoms with Crippen LogP contribution in [0.1, 0.15) is 199 Å². The summed E-state index contributed by atoms with van der Waals surface area (Å²) in [5.74, 6) is -11.3. The van der Waals surface area contributed by atoms with Gasteiger partial charge in [0, 0.05) is 47.3 Å². The number of fused-ring (bicyclic) bond motifs is 4. The van der Waals surface area contributed by atoms with Crippen molar-refractivity contribution in [3.8, 4) is 46.5 Å². The van der Waals surface area contributed by atoms with Gasteiger partial charge < -0.3 is 0 Å². The number of aryl methyl sites for hydroxylation is 10. The van der Waals surface area contributed by atoms with Crippen molar-refractivity contribution < 1.29 is 19.2 Å². The van der Waals surface area contributed by atoms with Crippen molar-refractivity contribution >= 4 is 91.1 Å². The summed E-state index contributed by atoms with van der Waals surface area (Å²) in [7, 11) is 0. The van der Waals surface area contributed by atoms with Gasteiger partial charge in [-0.2, -0.15) is 21.0 Å². The first-order valence-electron chi connectivity index (χ1n) is 34.9. The van der Waals surface area contributed by atoms with Gasteiger partial charge in [0.2, 0.25) is 0 Å². The van der Waals surface area contributed by atoms with Crippen LogP contribution in [0.15, 0.2) is 139 Å². The van der Waals surface area contributed by atoms with Crippen LogP contribution in [0, 0.1) is 122 Å². The molecule has 0 fully saturated rings. The molecule has 100 heavy (non-hydrogen) atoms. The molecule has 10 aliphatic rings. The van der Waals surface area contributed by atoms with Crippen LogP contribution in [0.5, 0.6) is 0 Å². The third-order valence-corrected chi connectivity index (χ3v) is 26.8. The monoisotopic (exact) mass is 1380 g/mol. The lowest BCUT2D eigenvalue weighted by atomic mass is 9.34. The molecule has 8 aromatic carbocycles. The summed E-state index contributed by atoms with van der Waals surface area (Å²) in [5, 5.41) is 52.7. The van der Waals surface area contributed by atoms with Crippen molar-refractivity contribution in [2.45, 2.75) is 156 Å². The lowest BCUT2D eigenvalue weighted by Crippen LogP contribution is -2.66. The maximum Gasteiger partial charge on any atom is 0.199 e. The van der Waals surface area contributed by atoms with E-state index < -0.39 is 112 Å². The van der Waals surface area contributed by atoms with Crippen molar-refractivity contribution in [2.75, 3.05) is 0 Å². The quantitative estimate of drug-likeness (QED) is 0.136. The van der Waals surface area contributed by atoms with Crippen LogP contribution < -0.4 is 0 Å².